The molecule has 0 unspecified atom stereocenters. The Balaban J connectivity index is 1.55. The van der Waals surface area contributed by atoms with Gasteiger partial charge in [0.1, 0.15) is 17.2 Å². The van der Waals surface area contributed by atoms with E-state index in [0.717, 1.165) is 27.5 Å². The van der Waals surface area contributed by atoms with Crippen LogP contribution >= 0.6 is 0 Å². The van der Waals surface area contributed by atoms with Gasteiger partial charge < -0.3 is 23.8 Å². The molecule has 1 fully saturated rings. The fourth-order valence-electron chi connectivity index (χ4n) is 3.86. The molecule has 0 bridgehead atoms. The Morgan fingerprint density at radius 3 is 2.46 bits per heavy atom. The molecule has 1 aliphatic heterocycles. The maximum Gasteiger partial charge on any atom is 0.373 e. The number of methoxy groups -OCH3 is 1. The van der Waals surface area contributed by atoms with E-state index in [-0.39, 0.29) is 23.8 Å². The third-order valence-electron chi connectivity index (χ3n) is 5.45. The van der Waals surface area contributed by atoms with Gasteiger partial charge in [0.05, 0.1) is 13.7 Å². The Morgan fingerprint density at radius 1 is 1.09 bits per heavy atom. The number of hydrogen-bond acceptors (Lipinski definition) is 7. The van der Waals surface area contributed by atoms with Crippen molar-refractivity contribution < 1.29 is 33.1 Å². The van der Waals surface area contributed by atoms with Crippen molar-refractivity contribution in [3.63, 3.8) is 0 Å². The number of aromatic nitrogens is 1. The molecule has 1 aliphatic rings. The second-order valence-electron chi connectivity index (χ2n) is 7.89. The van der Waals surface area contributed by atoms with Crippen LogP contribution in [0.25, 0.3) is 11.8 Å². The summed E-state index contributed by atoms with van der Waals surface area (Å²) in [5, 5.41) is 2.59. The van der Waals surface area contributed by atoms with E-state index in [2.05, 4.69) is 10.1 Å². The highest BCUT2D eigenvalue weighted by Gasteiger charge is 2.34. The molecule has 0 radical (unpaired) electrons. The Bertz CT molecular complexity index is 1360. The molecule has 3 heterocycles. The minimum atomic E-state index is -0.648. The predicted molar refractivity (Wildman–Crippen MR) is 124 cm³/mol. The summed E-state index contributed by atoms with van der Waals surface area (Å²) in [6.45, 7) is 5.03. The lowest BCUT2D eigenvalue weighted by atomic mass is 10.2. The van der Waals surface area contributed by atoms with Crippen LogP contribution < -0.4 is 10.1 Å². The number of carbonyl (C=O) groups excluding carboxylic acids is 4. The number of furan rings is 1. The van der Waals surface area contributed by atoms with Gasteiger partial charge in [-0.25, -0.2) is 9.59 Å². The summed E-state index contributed by atoms with van der Waals surface area (Å²) in [5.41, 5.74) is 3.49. The first-order valence-corrected chi connectivity index (χ1v) is 10.7. The number of esters is 2. The van der Waals surface area contributed by atoms with Gasteiger partial charge in [0.2, 0.25) is 5.76 Å². The summed E-state index contributed by atoms with van der Waals surface area (Å²) in [7, 11) is 1.23. The van der Waals surface area contributed by atoms with Crippen molar-refractivity contribution in [3.8, 4) is 11.4 Å². The van der Waals surface area contributed by atoms with E-state index in [4.69, 9.17) is 9.15 Å². The van der Waals surface area contributed by atoms with Gasteiger partial charge in [-0.3, -0.25) is 14.5 Å². The van der Waals surface area contributed by atoms with Gasteiger partial charge in [0.25, 0.3) is 5.91 Å². The van der Waals surface area contributed by atoms with E-state index in [1.807, 2.05) is 36.6 Å². The van der Waals surface area contributed by atoms with Crippen LogP contribution in [0.2, 0.25) is 0 Å². The topological polar surface area (TPSA) is 120 Å². The average molecular weight is 477 g/mol. The molecule has 4 rings (SSSR count). The molecule has 0 saturated carbocycles. The van der Waals surface area contributed by atoms with Crippen LogP contribution in [0, 0.1) is 13.8 Å². The van der Waals surface area contributed by atoms with E-state index in [1.54, 1.807) is 18.2 Å². The van der Waals surface area contributed by atoms with Gasteiger partial charge in [-0.2, -0.15) is 0 Å². The summed E-state index contributed by atoms with van der Waals surface area (Å²) >= 11 is 0. The lowest BCUT2D eigenvalue weighted by Gasteiger charge is -2.10. The zero-order valence-electron chi connectivity index (χ0n) is 19.6. The normalized spacial score (nSPS) is 14.4. The van der Waals surface area contributed by atoms with Crippen LogP contribution in [-0.4, -0.2) is 40.5 Å². The number of nitrogens with zero attached hydrogens (tertiary/aromatic N) is 2. The minimum Gasteiger partial charge on any atom is -0.463 e. The van der Waals surface area contributed by atoms with Crippen LogP contribution in [0.15, 0.2) is 52.6 Å². The van der Waals surface area contributed by atoms with Crippen LogP contribution in [-0.2, 0) is 20.9 Å². The van der Waals surface area contributed by atoms with Gasteiger partial charge in [-0.05, 0) is 68.0 Å². The molecule has 1 N–H and O–H groups in total. The maximum absolute atomic E-state index is 12.9. The number of benzene rings is 1. The first-order valence-electron chi connectivity index (χ1n) is 10.7. The van der Waals surface area contributed by atoms with Gasteiger partial charge in [0, 0.05) is 24.0 Å². The van der Waals surface area contributed by atoms with Crippen LogP contribution in [0.5, 0.6) is 5.75 Å². The number of amides is 3. The van der Waals surface area contributed by atoms with Crippen LogP contribution in [0.4, 0.5) is 4.79 Å². The van der Waals surface area contributed by atoms with Crippen LogP contribution in [0.3, 0.4) is 0 Å². The lowest BCUT2D eigenvalue weighted by molar-refractivity contribution is -0.132. The molecular weight excluding hydrogens is 454 g/mol. The second-order valence-corrected chi connectivity index (χ2v) is 7.89. The number of aryl methyl sites for hydroxylation is 1. The Kier molecular flexibility index (Phi) is 6.28. The number of hydrogen-bond donors (Lipinski definition) is 1. The number of ether oxygens (including phenoxy) is 2. The largest absolute Gasteiger partial charge is 0.463 e. The van der Waals surface area contributed by atoms with Gasteiger partial charge in [-0.1, -0.05) is 0 Å². The van der Waals surface area contributed by atoms with Crippen molar-refractivity contribution >= 4 is 30.0 Å². The Morgan fingerprint density at radius 2 is 1.80 bits per heavy atom. The van der Waals surface area contributed by atoms with Crippen molar-refractivity contribution in [3.05, 3.63) is 76.6 Å². The maximum atomic E-state index is 12.9. The molecule has 10 heteroatoms. The minimum absolute atomic E-state index is 0.0151. The molecule has 35 heavy (non-hydrogen) atoms. The van der Waals surface area contributed by atoms with Crippen LogP contribution in [0.1, 0.15) is 40.2 Å². The molecule has 2 aromatic heterocycles. The molecule has 1 aromatic carbocycles. The van der Waals surface area contributed by atoms with Crippen molar-refractivity contribution in [1.82, 2.24) is 14.8 Å². The third-order valence-corrected chi connectivity index (χ3v) is 5.45. The molecule has 3 aromatic rings. The lowest BCUT2D eigenvalue weighted by Crippen LogP contribution is -2.30. The number of imide groups is 1. The summed E-state index contributed by atoms with van der Waals surface area (Å²) in [6.07, 6.45) is 1.62. The van der Waals surface area contributed by atoms with E-state index in [9.17, 15) is 19.2 Å². The SMILES string of the molecule is COC(=O)c1ccc(CN2C(=O)NC(=Cc3cc(C)n(-c4ccc(OC(C)=O)cc4)c3C)C2=O)o1. The highest BCUT2D eigenvalue weighted by molar-refractivity contribution is 6.14. The standard InChI is InChI=1S/C25H23N3O7/c1-14-11-17(15(2)28(14)18-5-7-19(8-6-18)34-16(3)29)12-21-23(30)27(25(32)26-21)13-20-9-10-22(35-20)24(31)33-4/h5-12H,13H2,1-4H3,(H,26,32). The number of carbonyl (C=O) groups is 4. The van der Waals surface area contributed by atoms with Crippen molar-refractivity contribution in [2.24, 2.45) is 0 Å². The highest BCUT2D eigenvalue weighted by Crippen LogP contribution is 2.26. The molecule has 1 saturated heterocycles. The van der Waals surface area contributed by atoms with E-state index in [0.29, 0.717) is 5.75 Å². The molecule has 10 nitrogen and oxygen atoms in total. The first-order chi connectivity index (χ1) is 16.7. The monoisotopic (exact) mass is 477 g/mol. The van der Waals surface area contributed by atoms with E-state index < -0.39 is 23.9 Å². The van der Waals surface area contributed by atoms with Gasteiger partial charge in [-0.15, -0.1) is 0 Å². The first kappa shape index (κ1) is 23.6. The van der Waals surface area contributed by atoms with E-state index in [1.165, 1.54) is 26.2 Å². The zero-order chi connectivity index (χ0) is 25.3. The molecular formula is C25H23N3O7. The van der Waals surface area contributed by atoms with E-state index >= 15 is 0 Å². The molecule has 0 spiro atoms. The van der Waals surface area contributed by atoms with Gasteiger partial charge >= 0.3 is 18.0 Å². The smallest absolute Gasteiger partial charge is 0.373 e. The number of rotatable bonds is 6. The zero-order valence-corrected chi connectivity index (χ0v) is 19.6. The molecule has 0 atom stereocenters. The highest BCUT2D eigenvalue weighted by atomic mass is 16.5. The third kappa shape index (κ3) is 4.72. The molecule has 0 aliphatic carbocycles. The summed E-state index contributed by atoms with van der Waals surface area (Å²) in [4.78, 5) is 49.1. The van der Waals surface area contributed by atoms with Crippen molar-refractivity contribution in [2.75, 3.05) is 7.11 Å². The summed E-state index contributed by atoms with van der Waals surface area (Å²) < 4.78 is 17.0. The summed E-state index contributed by atoms with van der Waals surface area (Å²) in [6, 6.07) is 11.3. The average Bonchev–Trinajstić information content (AvgIpc) is 3.47. The van der Waals surface area contributed by atoms with Gasteiger partial charge in [0.15, 0.2) is 0 Å². The predicted octanol–water partition coefficient (Wildman–Crippen LogP) is 3.49. The summed E-state index contributed by atoms with van der Waals surface area (Å²) in [5.74, 6) is -0.856. The molecule has 3 amide bonds. The second kappa shape index (κ2) is 9.34. The fraction of sp³-hybridized carbons (Fsp3) is 0.200. The Hall–Kier alpha value is -4.60. The molecule has 180 valence electrons. The number of urea groups is 1. The quantitative estimate of drug-likeness (QED) is 0.250. The van der Waals surface area contributed by atoms with Crippen molar-refractivity contribution in [2.45, 2.75) is 27.3 Å². The Labute approximate surface area is 200 Å². The van der Waals surface area contributed by atoms with Crippen molar-refractivity contribution in [1.29, 1.82) is 0 Å². The number of nitrogens with one attached hydrogen (secondary N) is 1. The fourth-order valence-corrected chi connectivity index (χ4v) is 3.86.